The zero-order chi connectivity index (χ0) is 29.5. The van der Waals surface area contributed by atoms with Crippen LogP contribution in [0.5, 0.6) is 5.75 Å². The van der Waals surface area contributed by atoms with Gasteiger partial charge in [0.1, 0.15) is 5.75 Å². The Hall–Kier alpha value is -3.85. The second-order valence-corrected chi connectivity index (χ2v) is 8.53. The summed E-state index contributed by atoms with van der Waals surface area (Å²) in [4.78, 5) is 26.1. The third kappa shape index (κ3) is 6.78. The van der Waals surface area contributed by atoms with Gasteiger partial charge in [-0.15, -0.1) is 13.2 Å². The number of fused-ring (bicyclic) bond motifs is 1. The molecule has 2 aromatic carbocycles. The SMILES string of the molecule is COC(=O)N(Cc1cc(C(F)(F)F)cc(C(F)(F)F)c1)C1CC(C)N(C(=O)O)c2ccc(OC(F)(F)F)cc21. The van der Waals surface area contributed by atoms with E-state index < -0.39 is 72.0 Å². The van der Waals surface area contributed by atoms with Gasteiger partial charge in [0.25, 0.3) is 0 Å². The van der Waals surface area contributed by atoms with E-state index in [0.717, 1.165) is 30.2 Å². The van der Waals surface area contributed by atoms with Crippen LogP contribution >= 0.6 is 0 Å². The topological polar surface area (TPSA) is 79.3 Å². The molecule has 39 heavy (non-hydrogen) atoms. The average molecular weight is 574 g/mol. The van der Waals surface area contributed by atoms with Gasteiger partial charge in [-0.2, -0.15) is 26.3 Å². The van der Waals surface area contributed by atoms with Gasteiger partial charge in [-0.3, -0.25) is 9.80 Å². The van der Waals surface area contributed by atoms with Crippen LogP contribution in [0.4, 0.5) is 54.8 Å². The van der Waals surface area contributed by atoms with Crippen molar-refractivity contribution in [3.05, 3.63) is 58.7 Å². The number of hydrogen-bond acceptors (Lipinski definition) is 4. The van der Waals surface area contributed by atoms with E-state index in [1.165, 1.54) is 6.92 Å². The Labute approximate surface area is 214 Å². The van der Waals surface area contributed by atoms with Gasteiger partial charge in [-0.1, -0.05) is 0 Å². The molecule has 0 aromatic heterocycles. The average Bonchev–Trinajstić information content (AvgIpc) is 2.79. The first-order chi connectivity index (χ1) is 17.8. The maximum atomic E-state index is 13.4. The van der Waals surface area contributed by atoms with Crippen LogP contribution in [0.3, 0.4) is 0 Å². The van der Waals surface area contributed by atoms with Crippen LogP contribution in [0.15, 0.2) is 36.4 Å². The zero-order valence-corrected chi connectivity index (χ0v) is 19.9. The number of carbonyl (C=O) groups is 2. The highest BCUT2D eigenvalue weighted by atomic mass is 19.4. The fourth-order valence-corrected chi connectivity index (χ4v) is 4.32. The maximum absolute atomic E-state index is 13.4. The molecule has 16 heteroatoms. The summed E-state index contributed by atoms with van der Waals surface area (Å²) < 4.78 is 127. The fourth-order valence-electron chi connectivity index (χ4n) is 4.32. The molecule has 2 atom stereocenters. The molecule has 7 nitrogen and oxygen atoms in total. The highest BCUT2D eigenvalue weighted by Crippen LogP contribution is 2.44. The molecule has 1 aliphatic heterocycles. The van der Waals surface area contributed by atoms with Crippen molar-refractivity contribution in [2.45, 2.75) is 50.7 Å². The van der Waals surface area contributed by atoms with E-state index in [-0.39, 0.29) is 23.7 Å². The van der Waals surface area contributed by atoms with Gasteiger partial charge in [0.2, 0.25) is 0 Å². The van der Waals surface area contributed by atoms with Gasteiger partial charge in [0.05, 0.1) is 30.0 Å². The molecule has 1 N–H and O–H groups in total. The highest BCUT2D eigenvalue weighted by Gasteiger charge is 2.41. The molecule has 0 saturated carbocycles. The number of benzene rings is 2. The van der Waals surface area contributed by atoms with E-state index in [9.17, 15) is 54.2 Å². The Kier molecular flexibility index (Phi) is 7.90. The van der Waals surface area contributed by atoms with E-state index in [2.05, 4.69) is 9.47 Å². The molecule has 2 unspecified atom stereocenters. The Balaban J connectivity index is 2.17. The van der Waals surface area contributed by atoms with E-state index in [4.69, 9.17) is 0 Å². The first kappa shape index (κ1) is 29.7. The van der Waals surface area contributed by atoms with Crippen LogP contribution < -0.4 is 9.64 Å². The number of amides is 2. The van der Waals surface area contributed by atoms with Gasteiger partial charge in [0.15, 0.2) is 0 Å². The Morgan fingerprint density at radius 2 is 1.54 bits per heavy atom. The minimum absolute atomic E-state index is 0.102. The molecule has 2 aromatic rings. The number of rotatable bonds is 4. The van der Waals surface area contributed by atoms with Crippen molar-refractivity contribution >= 4 is 17.9 Å². The second kappa shape index (κ2) is 10.4. The third-order valence-electron chi connectivity index (χ3n) is 5.85. The van der Waals surface area contributed by atoms with Crippen LogP contribution in [0.25, 0.3) is 0 Å². The Morgan fingerprint density at radius 3 is 2.00 bits per heavy atom. The molecule has 214 valence electrons. The minimum Gasteiger partial charge on any atom is -0.465 e. The zero-order valence-electron chi connectivity index (χ0n) is 19.9. The second-order valence-electron chi connectivity index (χ2n) is 8.53. The molecule has 0 radical (unpaired) electrons. The summed E-state index contributed by atoms with van der Waals surface area (Å²) in [6.07, 6.45) is -18.5. The number of anilines is 1. The van der Waals surface area contributed by atoms with Crippen molar-refractivity contribution in [1.82, 2.24) is 4.90 Å². The number of carbonyl (C=O) groups excluding carboxylic acids is 1. The van der Waals surface area contributed by atoms with Crippen LogP contribution in [0.1, 0.15) is 41.6 Å². The quantitative estimate of drug-likeness (QED) is 0.391. The van der Waals surface area contributed by atoms with E-state index in [1.54, 1.807) is 0 Å². The van der Waals surface area contributed by atoms with Gasteiger partial charge < -0.3 is 14.6 Å². The predicted octanol–water partition coefficient (Wildman–Crippen LogP) is 7.21. The first-order valence-electron chi connectivity index (χ1n) is 10.9. The number of alkyl halides is 9. The maximum Gasteiger partial charge on any atom is 0.573 e. The summed E-state index contributed by atoms with van der Waals surface area (Å²) >= 11 is 0. The lowest BCUT2D eigenvalue weighted by Crippen LogP contribution is -2.47. The predicted molar refractivity (Wildman–Crippen MR) is 115 cm³/mol. The molecular formula is C23H19F9N2O5. The van der Waals surface area contributed by atoms with Crippen LogP contribution in [-0.2, 0) is 23.6 Å². The summed E-state index contributed by atoms with van der Waals surface area (Å²) in [6.45, 7) is 0.500. The van der Waals surface area contributed by atoms with E-state index in [1.807, 2.05) is 0 Å². The van der Waals surface area contributed by atoms with Crippen LogP contribution in [-0.4, -0.2) is 41.7 Å². The molecule has 1 heterocycles. The Morgan fingerprint density at radius 1 is 0.974 bits per heavy atom. The third-order valence-corrected chi connectivity index (χ3v) is 5.85. The highest BCUT2D eigenvalue weighted by molar-refractivity contribution is 5.89. The molecule has 0 saturated heterocycles. The molecule has 0 bridgehead atoms. The number of methoxy groups -OCH3 is 1. The number of ether oxygens (including phenoxy) is 2. The standard InChI is InChI=1S/C23H19F9N2O5/c1-11-5-18(16-9-15(39-23(30,31)32)3-4-17(16)34(11)19(35)36)33(20(37)38-2)10-12-6-13(21(24,25)26)8-14(7-12)22(27,28)29/h3-4,6-9,11,18H,5,10H2,1-2H3,(H,35,36). The molecule has 0 aliphatic carbocycles. The van der Waals surface area contributed by atoms with Crippen molar-refractivity contribution in [2.75, 3.05) is 12.0 Å². The molecule has 3 rings (SSSR count). The summed E-state index contributed by atoms with van der Waals surface area (Å²) in [5, 5.41) is 9.64. The number of halogens is 9. The lowest BCUT2D eigenvalue weighted by Gasteiger charge is -2.42. The van der Waals surface area contributed by atoms with Crippen molar-refractivity contribution < 1.29 is 63.7 Å². The summed E-state index contributed by atoms with van der Waals surface area (Å²) in [5.41, 5.74) is -4.29. The molecule has 1 aliphatic rings. The number of nitrogens with zero attached hydrogens (tertiary/aromatic N) is 2. The molecule has 0 fully saturated rings. The van der Waals surface area contributed by atoms with Gasteiger partial charge >= 0.3 is 30.9 Å². The van der Waals surface area contributed by atoms with Gasteiger partial charge in [-0.05, 0) is 55.3 Å². The van der Waals surface area contributed by atoms with Gasteiger partial charge in [-0.25, -0.2) is 9.59 Å². The van der Waals surface area contributed by atoms with E-state index >= 15 is 0 Å². The van der Waals surface area contributed by atoms with Gasteiger partial charge in [0, 0.05) is 18.2 Å². The Bertz CT molecular complexity index is 1210. The lowest BCUT2D eigenvalue weighted by molar-refractivity contribution is -0.274. The molecule has 2 amide bonds. The van der Waals surface area contributed by atoms with Crippen molar-refractivity contribution in [2.24, 2.45) is 0 Å². The minimum atomic E-state index is -5.18. The van der Waals surface area contributed by atoms with Crippen molar-refractivity contribution in [3.63, 3.8) is 0 Å². The number of carboxylic acid groups (broad SMARTS) is 1. The van der Waals surface area contributed by atoms with E-state index in [0.29, 0.717) is 17.0 Å². The summed E-state index contributed by atoms with van der Waals surface area (Å²) in [5.74, 6) is -0.797. The first-order valence-corrected chi connectivity index (χ1v) is 10.9. The summed E-state index contributed by atoms with van der Waals surface area (Å²) in [7, 11) is 0.877. The lowest BCUT2D eigenvalue weighted by atomic mass is 9.90. The number of hydrogen-bond donors (Lipinski definition) is 1. The largest absolute Gasteiger partial charge is 0.573 e. The monoisotopic (exact) mass is 574 g/mol. The smallest absolute Gasteiger partial charge is 0.465 e. The summed E-state index contributed by atoms with van der Waals surface area (Å²) in [6, 6.07) is 1.02. The normalized spacial score (nSPS) is 17.9. The van der Waals surface area contributed by atoms with Crippen LogP contribution in [0, 0.1) is 0 Å². The van der Waals surface area contributed by atoms with Crippen molar-refractivity contribution in [1.29, 1.82) is 0 Å². The van der Waals surface area contributed by atoms with Crippen molar-refractivity contribution in [3.8, 4) is 5.75 Å². The van der Waals surface area contributed by atoms with Crippen LogP contribution in [0.2, 0.25) is 0 Å². The molecular weight excluding hydrogens is 555 g/mol. The molecule has 0 spiro atoms. The fraction of sp³-hybridized carbons (Fsp3) is 0.391.